The number of rotatable bonds is 3. The quantitative estimate of drug-likeness (QED) is 0.676. The standard InChI is InChI=1S/C7H14N4/c1-3-11-7(4-6(2)8)9-5-10-11/h5-6H,3-4,8H2,1-2H3/t6-/m1/s1. The lowest BCUT2D eigenvalue weighted by Crippen LogP contribution is -2.20. The van der Waals surface area contributed by atoms with Crippen LogP contribution in [-0.4, -0.2) is 20.8 Å². The Morgan fingerprint density at radius 2 is 2.45 bits per heavy atom. The zero-order valence-electron chi connectivity index (χ0n) is 6.99. The molecule has 0 spiro atoms. The lowest BCUT2D eigenvalue weighted by atomic mass is 10.2. The van der Waals surface area contributed by atoms with Crippen molar-refractivity contribution in [1.82, 2.24) is 14.8 Å². The fourth-order valence-corrected chi connectivity index (χ4v) is 0.998. The zero-order chi connectivity index (χ0) is 8.27. The number of hydrogen-bond donors (Lipinski definition) is 1. The van der Waals surface area contributed by atoms with E-state index in [0.717, 1.165) is 18.8 Å². The molecule has 4 heteroatoms. The van der Waals surface area contributed by atoms with Crippen LogP contribution in [0, 0.1) is 0 Å². The molecule has 1 aromatic rings. The van der Waals surface area contributed by atoms with Crippen molar-refractivity contribution >= 4 is 0 Å². The molecular formula is C7H14N4. The molecule has 0 amide bonds. The van der Waals surface area contributed by atoms with Crippen LogP contribution in [0.1, 0.15) is 19.7 Å². The van der Waals surface area contributed by atoms with E-state index in [1.165, 1.54) is 0 Å². The first-order chi connectivity index (χ1) is 5.24. The van der Waals surface area contributed by atoms with Gasteiger partial charge in [-0.2, -0.15) is 5.10 Å². The molecule has 11 heavy (non-hydrogen) atoms. The van der Waals surface area contributed by atoms with Crippen molar-refractivity contribution in [3.05, 3.63) is 12.2 Å². The van der Waals surface area contributed by atoms with Crippen molar-refractivity contribution in [3.8, 4) is 0 Å². The van der Waals surface area contributed by atoms with Gasteiger partial charge in [-0.15, -0.1) is 0 Å². The van der Waals surface area contributed by atoms with Gasteiger partial charge in [0.15, 0.2) is 0 Å². The fraction of sp³-hybridized carbons (Fsp3) is 0.714. The Hall–Kier alpha value is -0.900. The van der Waals surface area contributed by atoms with E-state index < -0.39 is 0 Å². The molecule has 0 fully saturated rings. The fourth-order valence-electron chi connectivity index (χ4n) is 0.998. The van der Waals surface area contributed by atoms with Crippen LogP contribution in [0.3, 0.4) is 0 Å². The van der Waals surface area contributed by atoms with Gasteiger partial charge in [0.1, 0.15) is 12.2 Å². The normalized spacial score (nSPS) is 13.4. The van der Waals surface area contributed by atoms with Gasteiger partial charge >= 0.3 is 0 Å². The Labute approximate surface area is 66.4 Å². The molecule has 4 nitrogen and oxygen atoms in total. The van der Waals surface area contributed by atoms with Crippen molar-refractivity contribution in [2.45, 2.75) is 32.9 Å². The molecule has 1 atom stereocenters. The van der Waals surface area contributed by atoms with E-state index in [0.29, 0.717) is 0 Å². The summed E-state index contributed by atoms with van der Waals surface area (Å²) < 4.78 is 1.86. The first kappa shape index (κ1) is 8.20. The topological polar surface area (TPSA) is 56.7 Å². The maximum Gasteiger partial charge on any atom is 0.138 e. The van der Waals surface area contributed by atoms with Crippen LogP contribution in [0.2, 0.25) is 0 Å². The van der Waals surface area contributed by atoms with E-state index >= 15 is 0 Å². The van der Waals surface area contributed by atoms with Gasteiger partial charge in [0.2, 0.25) is 0 Å². The second-order valence-electron chi connectivity index (χ2n) is 2.67. The van der Waals surface area contributed by atoms with Gasteiger partial charge in [0, 0.05) is 19.0 Å². The molecular weight excluding hydrogens is 140 g/mol. The molecule has 1 aromatic heterocycles. The van der Waals surface area contributed by atoms with Crippen LogP contribution >= 0.6 is 0 Å². The summed E-state index contributed by atoms with van der Waals surface area (Å²) in [5.41, 5.74) is 5.63. The smallest absolute Gasteiger partial charge is 0.138 e. The molecule has 0 saturated carbocycles. The van der Waals surface area contributed by atoms with Crippen LogP contribution in [0.5, 0.6) is 0 Å². The summed E-state index contributed by atoms with van der Waals surface area (Å²) in [6.07, 6.45) is 2.37. The molecule has 0 unspecified atom stereocenters. The second kappa shape index (κ2) is 3.48. The van der Waals surface area contributed by atoms with Crippen LogP contribution in [0.4, 0.5) is 0 Å². The third-order valence-corrected chi connectivity index (χ3v) is 1.50. The molecule has 0 radical (unpaired) electrons. The van der Waals surface area contributed by atoms with Crippen molar-refractivity contribution in [2.75, 3.05) is 0 Å². The van der Waals surface area contributed by atoms with Gasteiger partial charge in [-0.3, -0.25) is 4.68 Å². The largest absolute Gasteiger partial charge is 0.328 e. The number of aromatic nitrogens is 3. The van der Waals surface area contributed by atoms with E-state index in [4.69, 9.17) is 5.73 Å². The summed E-state index contributed by atoms with van der Waals surface area (Å²) in [6, 6.07) is 0.157. The van der Waals surface area contributed by atoms with Gasteiger partial charge in [-0.1, -0.05) is 0 Å². The van der Waals surface area contributed by atoms with Crippen molar-refractivity contribution in [3.63, 3.8) is 0 Å². The molecule has 0 aliphatic carbocycles. The number of aryl methyl sites for hydroxylation is 1. The molecule has 2 N–H and O–H groups in total. The molecule has 1 rings (SSSR count). The van der Waals surface area contributed by atoms with Gasteiger partial charge in [-0.25, -0.2) is 4.98 Å². The van der Waals surface area contributed by atoms with Gasteiger partial charge in [0.05, 0.1) is 0 Å². The van der Waals surface area contributed by atoms with Gasteiger partial charge in [-0.05, 0) is 13.8 Å². The van der Waals surface area contributed by atoms with E-state index in [1.54, 1.807) is 6.33 Å². The Kier molecular flexibility index (Phi) is 2.59. The summed E-state index contributed by atoms with van der Waals surface area (Å²) in [6.45, 7) is 4.87. The Balaban J connectivity index is 2.68. The Morgan fingerprint density at radius 3 is 3.00 bits per heavy atom. The van der Waals surface area contributed by atoms with Crippen LogP contribution < -0.4 is 5.73 Å². The predicted octanol–water partition coefficient (Wildman–Crippen LogP) is 0.188. The highest BCUT2D eigenvalue weighted by Gasteiger charge is 2.03. The lowest BCUT2D eigenvalue weighted by molar-refractivity contribution is 0.586. The molecule has 0 saturated heterocycles. The summed E-state index contributed by atoms with van der Waals surface area (Å²) in [7, 11) is 0. The molecule has 1 heterocycles. The van der Waals surface area contributed by atoms with E-state index in [9.17, 15) is 0 Å². The summed E-state index contributed by atoms with van der Waals surface area (Å²) in [4.78, 5) is 4.10. The highest BCUT2D eigenvalue weighted by atomic mass is 15.3. The first-order valence-electron chi connectivity index (χ1n) is 3.86. The molecule has 62 valence electrons. The summed E-state index contributed by atoms with van der Waals surface area (Å²) in [5.74, 6) is 0.975. The molecule has 0 bridgehead atoms. The molecule has 0 aliphatic heterocycles. The number of nitrogens with zero attached hydrogens (tertiary/aromatic N) is 3. The van der Waals surface area contributed by atoms with E-state index in [-0.39, 0.29) is 6.04 Å². The summed E-state index contributed by atoms with van der Waals surface area (Å²) >= 11 is 0. The van der Waals surface area contributed by atoms with E-state index in [2.05, 4.69) is 10.1 Å². The number of hydrogen-bond acceptors (Lipinski definition) is 3. The minimum absolute atomic E-state index is 0.157. The first-order valence-corrected chi connectivity index (χ1v) is 3.86. The molecule has 0 aliphatic rings. The SMILES string of the molecule is CCn1ncnc1C[C@@H](C)N. The zero-order valence-corrected chi connectivity index (χ0v) is 6.99. The van der Waals surface area contributed by atoms with Crippen LogP contribution in [0.25, 0.3) is 0 Å². The minimum atomic E-state index is 0.157. The maximum absolute atomic E-state index is 5.63. The van der Waals surface area contributed by atoms with Crippen molar-refractivity contribution in [1.29, 1.82) is 0 Å². The lowest BCUT2D eigenvalue weighted by Gasteiger charge is -2.04. The van der Waals surface area contributed by atoms with Crippen LogP contribution in [0.15, 0.2) is 6.33 Å². The van der Waals surface area contributed by atoms with Gasteiger partial charge in [0.25, 0.3) is 0 Å². The minimum Gasteiger partial charge on any atom is -0.328 e. The third kappa shape index (κ3) is 2.01. The average molecular weight is 154 g/mol. The maximum atomic E-state index is 5.63. The summed E-state index contributed by atoms with van der Waals surface area (Å²) in [5, 5.41) is 4.04. The second-order valence-corrected chi connectivity index (χ2v) is 2.67. The highest BCUT2D eigenvalue weighted by Crippen LogP contribution is 1.96. The third-order valence-electron chi connectivity index (χ3n) is 1.50. The van der Waals surface area contributed by atoms with Crippen molar-refractivity contribution in [2.24, 2.45) is 5.73 Å². The Morgan fingerprint density at radius 1 is 1.73 bits per heavy atom. The Bertz CT molecular complexity index is 216. The average Bonchev–Trinajstić information content (AvgIpc) is 2.34. The van der Waals surface area contributed by atoms with Crippen molar-refractivity contribution < 1.29 is 0 Å². The van der Waals surface area contributed by atoms with Gasteiger partial charge < -0.3 is 5.73 Å². The molecule has 0 aromatic carbocycles. The van der Waals surface area contributed by atoms with E-state index in [1.807, 2.05) is 18.5 Å². The highest BCUT2D eigenvalue weighted by molar-refractivity contribution is 4.87. The van der Waals surface area contributed by atoms with Crippen LogP contribution in [-0.2, 0) is 13.0 Å². The number of nitrogens with two attached hydrogens (primary N) is 1. The predicted molar refractivity (Wildman–Crippen MR) is 43.0 cm³/mol. The monoisotopic (exact) mass is 154 g/mol.